The molecule has 0 N–H and O–H groups in total. The summed E-state index contributed by atoms with van der Waals surface area (Å²) in [7, 11) is 3.98. The molecule has 0 spiro atoms. The highest BCUT2D eigenvalue weighted by Crippen LogP contribution is 2.34. The van der Waals surface area contributed by atoms with Crippen LogP contribution in [0.5, 0.6) is 5.75 Å². The molecule has 0 bridgehead atoms. The fourth-order valence-corrected chi connectivity index (χ4v) is 3.11. The number of hydrogen-bond acceptors (Lipinski definition) is 6. The van der Waals surface area contributed by atoms with E-state index in [9.17, 15) is 4.79 Å². The van der Waals surface area contributed by atoms with Crippen molar-refractivity contribution in [2.24, 2.45) is 10.2 Å². The van der Waals surface area contributed by atoms with Crippen molar-refractivity contribution in [3.05, 3.63) is 90.1 Å². The number of aromatic nitrogens is 1. The number of carbonyl (C=O) groups is 1. The Morgan fingerprint density at radius 3 is 2.32 bits per heavy atom. The standard InChI is InChI=1S/C25H22N4O2/c1-17-9-14-21-22(28-27-19-10-12-20(13-11-19)29(2)3)15-16-23(24(21)26-17)31-25(30)18-7-5-4-6-8-18/h4-16H,1-3H3. The van der Waals surface area contributed by atoms with Crippen molar-refractivity contribution in [2.45, 2.75) is 6.92 Å². The molecule has 0 radical (unpaired) electrons. The lowest BCUT2D eigenvalue weighted by Crippen LogP contribution is -2.08. The molecule has 0 aliphatic carbocycles. The van der Waals surface area contributed by atoms with Gasteiger partial charge in [-0.25, -0.2) is 9.78 Å². The quantitative estimate of drug-likeness (QED) is 0.222. The van der Waals surface area contributed by atoms with Gasteiger partial charge in [0.05, 0.1) is 16.9 Å². The van der Waals surface area contributed by atoms with Gasteiger partial charge >= 0.3 is 5.97 Å². The molecule has 0 fully saturated rings. The van der Waals surface area contributed by atoms with Crippen LogP contribution in [0.2, 0.25) is 0 Å². The number of fused-ring (bicyclic) bond motifs is 1. The van der Waals surface area contributed by atoms with Crippen LogP contribution in [-0.2, 0) is 0 Å². The third-order valence-electron chi connectivity index (χ3n) is 4.79. The van der Waals surface area contributed by atoms with Gasteiger partial charge in [0.1, 0.15) is 5.52 Å². The first kappa shape index (κ1) is 20.2. The summed E-state index contributed by atoms with van der Waals surface area (Å²) in [5, 5.41) is 9.54. The van der Waals surface area contributed by atoms with Crippen molar-refractivity contribution in [1.29, 1.82) is 0 Å². The summed E-state index contributed by atoms with van der Waals surface area (Å²) in [6.45, 7) is 1.89. The average molecular weight is 410 g/mol. The molecule has 31 heavy (non-hydrogen) atoms. The fourth-order valence-electron chi connectivity index (χ4n) is 3.11. The van der Waals surface area contributed by atoms with Crippen molar-refractivity contribution in [3.8, 4) is 5.75 Å². The highest BCUT2D eigenvalue weighted by Gasteiger charge is 2.14. The Morgan fingerprint density at radius 1 is 0.871 bits per heavy atom. The third-order valence-corrected chi connectivity index (χ3v) is 4.79. The largest absolute Gasteiger partial charge is 0.421 e. The molecule has 6 heteroatoms. The van der Waals surface area contributed by atoms with Gasteiger partial charge in [0.15, 0.2) is 5.75 Å². The summed E-state index contributed by atoms with van der Waals surface area (Å²) in [5.74, 6) is -0.0394. The molecule has 0 atom stereocenters. The maximum atomic E-state index is 12.5. The van der Waals surface area contributed by atoms with Gasteiger partial charge in [0, 0.05) is 30.9 Å². The predicted molar refractivity (Wildman–Crippen MR) is 123 cm³/mol. The maximum absolute atomic E-state index is 12.5. The van der Waals surface area contributed by atoms with Crippen LogP contribution in [0.4, 0.5) is 17.1 Å². The summed E-state index contributed by atoms with van der Waals surface area (Å²) >= 11 is 0. The zero-order valence-electron chi connectivity index (χ0n) is 17.6. The molecule has 0 saturated carbocycles. The Labute approximate surface area is 180 Å². The topological polar surface area (TPSA) is 67.2 Å². The molecule has 0 aliphatic heterocycles. The number of ether oxygens (including phenoxy) is 1. The van der Waals surface area contributed by atoms with E-state index in [1.807, 2.05) is 68.4 Å². The van der Waals surface area contributed by atoms with Crippen LogP contribution in [-0.4, -0.2) is 25.0 Å². The van der Waals surface area contributed by atoms with Crippen LogP contribution in [0.25, 0.3) is 10.9 Å². The second-order valence-corrected chi connectivity index (χ2v) is 7.30. The number of benzene rings is 3. The summed E-state index contributed by atoms with van der Waals surface area (Å²) in [6.07, 6.45) is 0. The van der Waals surface area contributed by atoms with Crippen LogP contribution in [0.3, 0.4) is 0 Å². The number of rotatable bonds is 5. The van der Waals surface area contributed by atoms with E-state index < -0.39 is 5.97 Å². The van der Waals surface area contributed by atoms with Gasteiger partial charge in [-0.2, -0.15) is 5.11 Å². The maximum Gasteiger partial charge on any atom is 0.343 e. The monoisotopic (exact) mass is 410 g/mol. The molecule has 1 aromatic heterocycles. The molecule has 4 rings (SSSR count). The van der Waals surface area contributed by atoms with Crippen LogP contribution >= 0.6 is 0 Å². The van der Waals surface area contributed by atoms with E-state index in [0.29, 0.717) is 22.5 Å². The lowest BCUT2D eigenvalue weighted by atomic mass is 10.1. The number of pyridine rings is 1. The highest BCUT2D eigenvalue weighted by atomic mass is 16.5. The van der Waals surface area contributed by atoms with E-state index in [-0.39, 0.29) is 0 Å². The molecule has 0 saturated heterocycles. The van der Waals surface area contributed by atoms with Gasteiger partial charge in [0.2, 0.25) is 0 Å². The number of azo groups is 1. The number of aryl methyl sites for hydroxylation is 1. The van der Waals surface area contributed by atoms with E-state index in [4.69, 9.17) is 4.74 Å². The summed E-state index contributed by atoms with van der Waals surface area (Å²) in [6, 6.07) is 24.0. The summed E-state index contributed by atoms with van der Waals surface area (Å²) in [5.41, 5.74) is 4.36. The Hall–Kier alpha value is -4.06. The molecule has 4 aromatic rings. The van der Waals surface area contributed by atoms with E-state index in [0.717, 1.165) is 22.5 Å². The lowest BCUT2D eigenvalue weighted by Gasteiger charge is -2.11. The molecule has 1 heterocycles. The SMILES string of the molecule is Cc1ccc2c(N=Nc3ccc(N(C)C)cc3)ccc(OC(=O)c3ccccc3)c2n1. The molecule has 3 aromatic carbocycles. The van der Waals surface area contributed by atoms with Gasteiger partial charge in [0.25, 0.3) is 0 Å². The van der Waals surface area contributed by atoms with Crippen molar-refractivity contribution >= 4 is 33.9 Å². The second kappa shape index (κ2) is 8.75. The normalized spacial score (nSPS) is 11.1. The van der Waals surface area contributed by atoms with Crippen LogP contribution < -0.4 is 9.64 Å². The first-order valence-electron chi connectivity index (χ1n) is 9.88. The number of hydrogen-bond donors (Lipinski definition) is 0. The fraction of sp³-hybridized carbons (Fsp3) is 0.120. The Kier molecular flexibility index (Phi) is 5.71. The predicted octanol–water partition coefficient (Wildman–Crippen LogP) is 6.24. The number of nitrogens with zero attached hydrogens (tertiary/aromatic N) is 4. The highest BCUT2D eigenvalue weighted by molar-refractivity contribution is 5.97. The zero-order chi connectivity index (χ0) is 21.8. The molecule has 0 aliphatic rings. The Balaban J connectivity index is 1.66. The van der Waals surface area contributed by atoms with E-state index >= 15 is 0 Å². The van der Waals surface area contributed by atoms with Gasteiger partial charge in [-0.1, -0.05) is 18.2 Å². The lowest BCUT2D eigenvalue weighted by molar-refractivity contribution is 0.0736. The molecular weight excluding hydrogens is 388 g/mol. The minimum Gasteiger partial charge on any atom is -0.421 e. The van der Waals surface area contributed by atoms with E-state index in [2.05, 4.69) is 15.2 Å². The minimum atomic E-state index is -0.430. The van der Waals surface area contributed by atoms with Gasteiger partial charge < -0.3 is 9.64 Å². The number of carbonyl (C=O) groups excluding carboxylic acids is 1. The Morgan fingerprint density at radius 2 is 1.61 bits per heavy atom. The molecule has 6 nitrogen and oxygen atoms in total. The van der Waals surface area contributed by atoms with E-state index in [1.54, 1.807) is 36.4 Å². The first-order valence-corrected chi connectivity index (χ1v) is 9.88. The first-order chi connectivity index (χ1) is 15.0. The van der Waals surface area contributed by atoms with Crippen molar-refractivity contribution < 1.29 is 9.53 Å². The van der Waals surface area contributed by atoms with Crippen molar-refractivity contribution in [2.75, 3.05) is 19.0 Å². The zero-order valence-corrected chi connectivity index (χ0v) is 17.6. The smallest absolute Gasteiger partial charge is 0.343 e. The van der Waals surface area contributed by atoms with Crippen molar-refractivity contribution in [1.82, 2.24) is 4.98 Å². The summed E-state index contributed by atoms with van der Waals surface area (Å²) in [4.78, 5) is 19.1. The van der Waals surface area contributed by atoms with Crippen LogP contribution in [0.1, 0.15) is 16.1 Å². The molecule has 0 unspecified atom stereocenters. The van der Waals surface area contributed by atoms with Crippen LogP contribution in [0.15, 0.2) is 89.1 Å². The number of anilines is 1. The van der Waals surface area contributed by atoms with Crippen molar-refractivity contribution in [3.63, 3.8) is 0 Å². The van der Waals surface area contributed by atoms with Gasteiger partial charge in [-0.15, -0.1) is 5.11 Å². The van der Waals surface area contributed by atoms with Gasteiger partial charge in [-0.3, -0.25) is 0 Å². The van der Waals surface area contributed by atoms with Gasteiger partial charge in [-0.05, 0) is 67.6 Å². The third kappa shape index (κ3) is 4.59. The van der Waals surface area contributed by atoms with E-state index in [1.165, 1.54) is 0 Å². The second-order valence-electron chi connectivity index (χ2n) is 7.30. The molecule has 154 valence electrons. The average Bonchev–Trinajstić information content (AvgIpc) is 2.79. The molecular formula is C25H22N4O2. The van der Waals surface area contributed by atoms with Crippen LogP contribution in [0, 0.1) is 6.92 Å². The summed E-state index contributed by atoms with van der Waals surface area (Å²) < 4.78 is 5.64. The Bertz CT molecular complexity index is 1250. The number of esters is 1. The minimum absolute atomic E-state index is 0.391. The molecule has 0 amide bonds.